The molecule has 1 aromatic carbocycles. The SMILES string of the molecule is Cc1cc(C(=O)N2CCN(CC(=O)Nc3ccc(I)cc3)CC2)on1. The van der Waals surface area contributed by atoms with Gasteiger partial charge in [0.2, 0.25) is 11.7 Å². The summed E-state index contributed by atoms with van der Waals surface area (Å²) in [5.41, 5.74) is 1.48. The Morgan fingerprint density at radius 2 is 1.88 bits per heavy atom. The Bertz CT molecular complexity index is 752. The van der Waals surface area contributed by atoms with Crippen molar-refractivity contribution in [3.8, 4) is 0 Å². The van der Waals surface area contributed by atoms with Crippen molar-refractivity contribution in [1.82, 2.24) is 15.0 Å². The highest BCUT2D eigenvalue weighted by atomic mass is 127. The zero-order valence-corrected chi connectivity index (χ0v) is 16.0. The van der Waals surface area contributed by atoms with Crippen LogP contribution in [0.2, 0.25) is 0 Å². The summed E-state index contributed by atoms with van der Waals surface area (Å²) >= 11 is 2.22. The van der Waals surface area contributed by atoms with Crippen molar-refractivity contribution < 1.29 is 14.1 Å². The average molecular weight is 454 g/mol. The number of nitrogens with one attached hydrogen (secondary N) is 1. The number of piperazine rings is 1. The molecule has 2 amide bonds. The Balaban J connectivity index is 1.46. The van der Waals surface area contributed by atoms with Crippen LogP contribution in [0, 0.1) is 10.5 Å². The van der Waals surface area contributed by atoms with E-state index in [4.69, 9.17) is 4.52 Å². The number of rotatable bonds is 4. The molecule has 0 radical (unpaired) electrons. The number of carbonyl (C=O) groups is 2. The van der Waals surface area contributed by atoms with Crippen molar-refractivity contribution in [1.29, 1.82) is 0 Å². The maximum absolute atomic E-state index is 12.3. The number of benzene rings is 1. The van der Waals surface area contributed by atoms with Gasteiger partial charge in [-0.15, -0.1) is 0 Å². The summed E-state index contributed by atoms with van der Waals surface area (Å²) in [5.74, 6) is 0.0674. The molecule has 0 saturated carbocycles. The molecule has 3 rings (SSSR count). The lowest BCUT2D eigenvalue weighted by Crippen LogP contribution is -2.50. The van der Waals surface area contributed by atoms with E-state index >= 15 is 0 Å². The van der Waals surface area contributed by atoms with Gasteiger partial charge < -0.3 is 14.7 Å². The summed E-state index contributed by atoms with van der Waals surface area (Å²) < 4.78 is 6.15. The van der Waals surface area contributed by atoms with Gasteiger partial charge >= 0.3 is 0 Å². The van der Waals surface area contributed by atoms with E-state index < -0.39 is 0 Å². The third kappa shape index (κ3) is 4.79. The van der Waals surface area contributed by atoms with Gasteiger partial charge in [-0.3, -0.25) is 14.5 Å². The molecule has 0 bridgehead atoms. The molecule has 1 N–H and O–H groups in total. The van der Waals surface area contributed by atoms with Gasteiger partial charge in [0.15, 0.2) is 0 Å². The third-order valence-corrected chi connectivity index (χ3v) is 4.71. The molecule has 1 fully saturated rings. The second-order valence-electron chi connectivity index (χ2n) is 5.96. The summed E-state index contributed by atoms with van der Waals surface area (Å²) in [6.07, 6.45) is 0. The van der Waals surface area contributed by atoms with Gasteiger partial charge in [-0.05, 0) is 53.8 Å². The molecular weight excluding hydrogens is 435 g/mol. The molecule has 25 heavy (non-hydrogen) atoms. The van der Waals surface area contributed by atoms with E-state index in [1.54, 1.807) is 17.9 Å². The van der Waals surface area contributed by atoms with Crippen LogP contribution in [-0.2, 0) is 4.79 Å². The van der Waals surface area contributed by atoms with Gasteiger partial charge in [-0.2, -0.15) is 0 Å². The van der Waals surface area contributed by atoms with Crippen molar-refractivity contribution in [2.24, 2.45) is 0 Å². The minimum atomic E-state index is -0.149. The molecule has 2 aromatic rings. The van der Waals surface area contributed by atoms with Gasteiger partial charge in [0, 0.05) is 41.5 Å². The fourth-order valence-corrected chi connectivity index (χ4v) is 3.03. The van der Waals surface area contributed by atoms with Crippen LogP contribution in [0.1, 0.15) is 16.2 Å². The predicted octanol–water partition coefficient (Wildman–Crippen LogP) is 1.98. The maximum Gasteiger partial charge on any atom is 0.292 e. The minimum Gasteiger partial charge on any atom is -0.351 e. The first kappa shape index (κ1) is 17.9. The Morgan fingerprint density at radius 1 is 1.20 bits per heavy atom. The van der Waals surface area contributed by atoms with Gasteiger partial charge in [-0.25, -0.2) is 0 Å². The molecule has 0 unspecified atom stereocenters. The van der Waals surface area contributed by atoms with Crippen LogP contribution < -0.4 is 5.32 Å². The monoisotopic (exact) mass is 454 g/mol. The number of carbonyl (C=O) groups excluding carboxylic acids is 2. The summed E-state index contributed by atoms with van der Waals surface area (Å²) in [6.45, 7) is 4.53. The molecule has 8 heteroatoms. The van der Waals surface area contributed by atoms with E-state index in [0.717, 1.165) is 9.26 Å². The quantitative estimate of drug-likeness (QED) is 0.716. The van der Waals surface area contributed by atoms with Gasteiger partial charge in [0.1, 0.15) is 0 Å². The second kappa shape index (κ2) is 7.96. The Morgan fingerprint density at radius 3 is 2.48 bits per heavy atom. The number of halogens is 1. The van der Waals surface area contributed by atoms with E-state index in [-0.39, 0.29) is 17.6 Å². The highest BCUT2D eigenvalue weighted by molar-refractivity contribution is 14.1. The van der Waals surface area contributed by atoms with E-state index in [2.05, 4.69) is 33.1 Å². The Labute approximate surface area is 159 Å². The first-order valence-corrected chi connectivity index (χ1v) is 9.09. The largest absolute Gasteiger partial charge is 0.351 e. The van der Waals surface area contributed by atoms with Gasteiger partial charge in [0.05, 0.1) is 12.2 Å². The lowest BCUT2D eigenvalue weighted by atomic mass is 10.2. The van der Waals surface area contributed by atoms with Gasteiger partial charge in [0.25, 0.3) is 5.91 Å². The van der Waals surface area contributed by atoms with Crippen LogP contribution in [0.5, 0.6) is 0 Å². The van der Waals surface area contributed by atoms with Crippen molar-refractivity contribution in [2.45, 2.75) is 6.92 Å². The van der Waals surface area contributed by atoms with E-state index in [1.165, 1.54) is 0 Å². The zero-order valence-electron chi connectivity index (χ0n) is 13.9. The molecule has 0 aliphatic carbocycles. The molecule has 1 aliphatic rings. The van der Waals surface area contributed by atoms with E-state index in [1.807, 2.05) is 29.2 Å². The molecular formula is C17H19IN4O3. The molecule has 1 aromatic heterocycles. The second-order valence-corrected chi connectivity index (χ2v) is 7.20. The topological polar surface area (TPSA) is 78.7 Å². The minimum absolute atomic E-state index is 0.0492. The first-order chi connectivity index (χ1) is 12.0. The lowest BCUT2D eigenvalue weighted by Gasteiger charge is -2.33. The summed E-state index contributed by atoms with van der Waals surface area (Å²) in [4.78, 5) is 28.2. The van der Waals surface area contributed by atoms with Crippen LogP contribution in [0.25, 0.3) is 0 Å². The fourth-order valence-electron chi connectivity index (χ4n) is 2.67. The molecule has 0 spiro atoms. The number of aromatic nitrogens is 1. The van der Waals surface area contributed by atoms with Crippen LogP contribution in [0.15, 0.2) is 34.9 Å². The zero-order chi connectivity index (χ0) is 17.8. The van der Waals surface area contributed by atoms with Crippen LogP contribution in [0.4, 0.5) is 5.69 Å². The number of hydrogen-bond acceptors (Lipinski definition) is 5. The molecule has 2 heterocycles. The molecule has 7 nitrogen and oxygen atoms in total. The number of amides is 2. The number of nitrogens with zero attached hydrogens (tertiary/aromatic N) is 3. The van der Waals surface area contributed by atoms with E-state index in [0.29, 0.717) is 38.4 Å². The smallest absolute Gasteiger partial charge is 0.292 e. The third-order valence-electron chi connectivity index (χ3n) is 3.99. The Hall–Kier alpha value is -1.94. The van der Waals surface area contributed by atoms with Gasteiger partial charge in [-0.1, -0.05) is 5.16 Å². The van der Waals surface area contributed by atoms with Crippen molar-refractivity contribution in [2.75, 3.05) is 38.0 Å². The highest BCUT2D eigenvalue weighted by Crippen LogP contribution is 2.12. The van der Waals surface area contributed by atoms with Crippen molar-refractivity contribution in [3.05, 3.63) is 45.4 Å². The van der Waals surface area contributed by atoms with Crippen LogP contribution >= 0.6 is 22.6 Å². The molecule has 1 aliphatic heterocycles. The summed E-state index contributed by atoms with van der Waals surface area (Å²) in [5, 5.41) is 6.64. The van der Waals surface area contributed by atoms with Crippen LogP contribution in [-0.4, -0.2) is 59.5 Å². The number of anilines is 1. The van der Waals surface area contributed by atoms with Crippen molar-refractivity contribution >= 4 is 40.1 Å². The Kier molecular flexibility index (Phi) is 5.69. The standard InChI is InChI=1S/C17H19IN4O3/c1-12-10-15(25-20-12)17(24)22-8-6-21(7-9-22)11-16(23)19-14-4-2-13(18)3-5-14/h2-5,10H,6-9,11H2,1H3,(H,19,23). The summed E-state index contributed by atoms with van der Waals surface area (Å²) in [7, 11) is 0. The van der Waals surface area contributed by atoms with Crippen LogP contribution in [0.3, 0.4) is 0 Å². The average Bonchev–Trinajstić information content (AvgIpc) is 3.03. The lowest BCUT2D eigenvalue weighted by molar-refractivity contribution is -0.117. The highest BCUT2D eigenvalue weighted by Gasteiger charge is 2.25. The molecule has 0 atom stereocenters. The van der Waals surface area contributed by atoms with E-state index in [9.17, 15) is 9.59 Å². The first-order valence-electron chi connectivity index (χ1n) is 8.01. The summed E-state index contributed by atoms with van der Waals surface area (Å²) in [6, 6.07) is 9.31. The number of hydrogen-bond donors (Lipinski definition) is 1. The number of aryl methyl sites for hydroxylation is 1. The maximum atomic E-state index is 12.3. The predicted molar refractivity (Wildman–Crippen MR) is 101 cm³/mol. The normalized spacial score (nSPS) is 15.2. The van der Waals surface area contributed by atoms with Crippen molar-refractivity contribution in [3.63, 3.8) is 0 Å². The molecule has 132 valence electrons. The fraction of sp³-hybridized carbons (Fsp3) is 0.353. The molecule has 1 saturated heterocycles.